The van der Waals surface area contributed by atoms with Crippen LogP contribution in [0.15, 0.2) is 28.9 Å². The van der Waals surface area contributed by atoms with Crippen molar-refractivity contribution in [2.24, 2.45) is 0 Å². The number of carbonyl (C=O) groups excluding carboxylic acids is 3. The fraction of sp³-hybridized carbons (Fsp3) is 0.622. The fourth-order valence-corrected chi connectivity index (χ4v) is 6.27. The molecule has 3 heterocycles. The molecule has 65 heavy (non-hydrogen) atoms. The first kappa shape index (κ1) is 52.5. The number of ether oxygens (including phenoxy) is 9. The molecule has 3 aromatic heterocycles. The predicted octanol–water partition coefficient (Wildman–Crippen LogP) is 4.15. The van der Waals surface area contributed by atoms with Crippen molar-refractivity contribution >= 4 is 51.5 Å². The summed E-state index contributed by atoms with van der Waals surface area (Å²) < 4.78 is 55.9. The highest BCUT2D eigenvalue weighted by molar-refractivity contribution is 5.99. The molecule has 0 spiro atoms. The van der Waals surface area contributed by atoms with Gasteiger partial charge < -0.3 is 58.5 Å². The number of hydrogen-bond acceptors (Lipinski definition) is 19. The summed E-state index contributed by atoms with van der Waals surface area (Å²) in [6.07, 6.45) is 12.0. The normalized spacial score (nSPS) is 11.4. The lowest BCUT2D eigenvalue weighted by atomic mass is 10.1. The molecule has 0 saturated carbocycles. The molecule has 0 unspecified atom stereocenters. The van der Waals surface area contributed by atoms with Crippen LogP contribution in [0.1, 0.15) is 64.2 Å². The summed E-state index contributed by atoms with van der Waals surface area (Å²) in [5, 5.41) is 5.49. The van der Waals surface area contributed by atoms with E-state index in [-0.39, 0.29) is 36.6 Å². The van der Waals surface area contributed by atoms with Crippen LogP contribution in [-0.2, 0) is 63.6 Å². The van der Waals surface area contributed by atoms with Crippen molar-refractivity contribution in [3.05, 3.63) is 24.5 Å². The highest BCUT2D eigenvalue weighted by Gasteiger charge is 2.18. The van der Waals surface area contributed by atoms with Crippen LogP contribution in [0.4, 0.5) is 11.8 Å². The first-order valence-electron chi connectivity index (χ1n) is 22.2. The van der Waals surface area contributed by atoms with Gasteiger partial charge in [-0.25, -0.2) is 14.6 Å². The summed E-state index contributed by atoms with van der Waals surface area (Å²) in [4.78, 5) is 48.6. The first-order chi connectivity index (χ1) is 31.9. The maximum atomic E-state index is 12.4. The van der Waals surface area contributed by atoms with Gasteiger partial charge in [-0.05, 0) is 43.9 Å². The Morgan fingerprint density at radius 1 is 0.631 bits per heavy atom. The zero-order valence-electron chi connectivity index (χ0n) is 37.4. The molecule has 20 nitrogen and oxygen atoms in total. The fourth-order valence-electron chi connectivity index (χ4n) is 6.27. The second-order valence-electron chi connectivity index (χ2n) is 14.6. The summed E-state index contributed by atoms with van der Waals surface area (Å²) in [5.74, 6) is 2.56. The SMILES string of the molecule is C#CCOC(=O)CCCOCCOCCOCCOCCC(=O)CCCOCCOCCOCCOCCC(=O)CCCCCn1nc(-c2ccc3oc(N)nc3c2)c2c(N)ncnc21. The second-order valence-corrected chi connectivity index (χ2v) is 14.6. The van der Waals surface area contributed by atoms with Gasteiger partial charge in [-0.1, -0.05) is 12.3 Å². The second kappa shape index (κ2) is 32.5. The van der Waals surface area contributed by atoms with E-state index in [2.05, 4.69) is 20.9 Å². The molecule has 0 aliphatic rings. The number of aromatic nitrogens is 5. The number of aryl methyl sites for hydroxylation is 1. The monoisotopic (exact) mass is 911 g/mol. The molecule has 0 bridgehead atoms. The van der Waals surface area contributed by atoms with Gasteiger partial charge in [0.15, 0.2) is 17.8 Å². The standard InChI is InChI=1S/C45H65N7O13/c1-2-16-64-40(55)10-7-18-57-22-26-61-30-32-63-28-24-59-20-14-37(54)9-6-17-56-21-25-60-29-31-62-27-23-58-19-13-36(53)8-4-3-5-15-52-44-41(43(46)48-34-49-44)42(51-52)35-11-12-39-38(33-35)50-45(47)65-39/h1,11-12,33-34H,3-10,13-32H2,(H2,47,50)(H2,46,48,49). The third-order valence-corrected chi connectivity index (χ3v) is 9.57. The van der Waals surface area contributed by atoms with Crippen molar-refractivity contribution in [2.75, 3.05) is 124 Å². The van der Waals surface area contributed by atoms with Crippen molar-refractivity contribution < 1.29 is 61.4 Å². The number of nitrogens with zero attached hydrogens (tertiary/aromatic N) is 5. The van der Waals surface area contributed by atoms with E-state index in [9.17, 15) is 14.4 Å². The van der Waals surface area contributed by atoms with Gasteiger partial charge in [-0.2, -0.15) is 10.1 Å². The van der Waals surface area contributed by atoms with E-state index in [0.717, 1.165) is 24.8 Å². The lowest BCUT2D eigenvalue weighted by Crippen LogP contribution is -2.13. The van der Waals surface area contributed by atoms with Crippen molar-refractivity contribution in [3.63, 3.8) is 0 Å². The Balaban J connectivity index is 0.853. The molecular formula is C45H65N7O13. The number of hydrogen-bond donors (Lipinski definition) is 2. The number of Topliss-reactive ketones (excluding diaryl/α,β-unsaturated/α-hetero) is 2. The van der Waals surface area contributed by atoms with Crippen LogP contribution in [0.5, 0.6) is 0 Å². The maximum Gasteiger partial charge on any atom is 0.306 e. The van der Waals surface area contributed by atoms with Gasteiger partial charge >= 0.3 is 5.97 Å². The lowest BCUT2D eigenvalue weighted by molar-refractivity contribution is -0.142. The van der Waals surface area contributed by atoms with E-state index < -0.39 is 0 Å². The third-order valence-electron chi connectivity index (χ3n) is 9.57. The Hall–Kier alpha value is -5.11. The zero-order valence-corrected chi connectivity index (χ0v) is 37.4. The number of oxazole rings is 1. The molecule has 0 radical (unpaired) electrons. The Bertz CT molecular complexity index is 2020. The summed E-state index contributed by atoms with van der Waals surface area (Å²) >= 11 is 0. The molecule has 1 aromatic carbocycles. The van der Waals surface area contributed by atoms with E-state index in [4.69, 9.17) is 70.0 Å². The number of benzene rings is 1. The minimum absolute atomic E-state index is 0.00836. The molecule has 0 aliphatic carbocycles. The van der Waals surface area contributed by atoms with Crippen molar-refractivity contribution in [2.45, 2.75) is 70.8 Å². The number of unbranched alkanes of at least 4 members (excludes halogenated alkanes) is 2. The number of carbonyl (C=O) groups is 3. The van der Waals surface area contributed by atoms with Crippen molar-refractivity contribution in [1.82, 2.24) is 24.7 Å². The van der Waals surface area contributed by atoms with Crippen LogP contribution in [0, 0.1) is 12.3 Å². The summed E-state index contributed by atoms with van der Waals surface area (Å²) in [7, 11) is 0. The third kappa shape index (κ3) is 21.6. The van der Waals surface area contributed by atoms with Gasteiger partial charge in [-0.15, -0.1) is 6.42 Å². The number of esters is 1. The molecule has 4 rings (SSSR count). The Morgan fingerprint density at radius 3 is 1.75 bits per heavy atom. The molecule has 0 fully saturated rings. The Morgan fingerprint density at radius 2 is 1.17 bits per heavy atom. The molecular weight excluding hydrogens is 847 g/mol. The summed E-state index contributed by atoms with van der Waals surface area (Å²) in [6.45, 7) is 7.35. The maximum absolute atomic E-state index is 12.4. The van der Waals surface area contributed by atoms with Gasteiger partial charge in [-0.3, -0.25) is 14.4 Å². The number of anilines is 2. The molecule has 0 amide bonds. The van der Waals surface area contributed by atoms with Crippen molar-refractivity contribution in [1.29, 1.82) is 0 Å². The quantitative estimate of drug-likeness (QED) is 0.0361. The average molecular weight is 912 g/mol. The number of ketones is 2. The highest BCUT2D eigenvalue weighted by Crippen LogP contribution is 2.32. The van der Waals surface area contributed by atoms with E-state index in [1.165, 1.54) is 6.33 Å². The first-order valence-corrected chi connectivity index (χ1v) is 22.2. The Kier molecular flexibility index (Phi) is 26.3. The number of rotatable bonds is 40. The number of terminal acetylenes is 1. The van der Waals surface area contributed by atoms with Crippen LogP contribution in [0.25, 0.3) is 33.4 Å². The molecule has 0 saturated heterocycles. The molecule has 4 N–H and O–H groups in total. The molecule has 358 valence electrons. The van der Waals surface area contributed by atoms with E-state index in [1.807, 2.05) is 16.8 Å². The largest absolute Gasteiger partial charge is 0.452 e. The number of nitrogen functional groups attached to an aromatic ring is 2. The Labute approximate surface area is 379 Å². The topological polar surface area (TPSA) is 256 Å². The van der Waals surface area contributed by atoms with Crippen molar-refractivity contribution in [3.8, 4) is 23.6 Å². The minimum atomic E-state index is -0.329. The summed E-state index contributed by atoms with van der Waals surface area (Å²) in [6, 6.07) is 5.62. The van der Waals surface area contributed by atoms with Gasteiger partial charge in [0, 0.05) is 57.4 Å². The molecule has 0 aliphatic heterocycles. The average Bonchev–Trinajstić information content (AvgIpc) is 3.87. The van der Waals surface area contributed by atoms with Crippen LogP contribution in [-0.4, -0.2) is 155 Å². The van der Waals surface area contributed by atoms with E-state index in [0.29, 0.717) is 184 Å². The van der Waals surface area contributed by atoms with Crippen LogP contribution in [0.3, 0.4) is 0 Å². The van der Waals surface area contributed by atoms with E-state index >= 15 is 0 Å². The zero-order chi connectivity index (χ0) is 46.2. The highest BCUT2D eigenvalue weighted by atomic mass is 16.6. The van der Waals surface area contributed by atoms with Gasteiger partial charge in [0.25, 0.3) is 6.01 Å². The molecule has 20 heteroatoms. The molecule has 0 atom stereocenters. The lowest BCUT2D eigenvalue weighted by Gasteiger charge is -2.08. The van der Waals surface area contributed by atoms with Gasteiger partial charge in [0.05, 0.1) is 97.9 Å². The van der Waals surface area contributed by atoms with Crippen LogP contribution < -0.4 is 11.5 Å². The summed E-state index contributed by atoms with van der Waals surface area (Å²) in [5.41, 5.74) is 15.3. The van der Waals surface area contributed by atoms with Crippen LogP contribution >= 0.6 is 0 Å². The van der Waals surface area contributed by atoms with Crippen LogP contribution in [0.2, 0.25) is 0 Å². The minimum Gasteiger partial charge on any atom is -0.452 e. The van der Waals surface area contributed by atoms with E-state index in [1.54, 1.807) is 6.07 Å². The molecule has 4 aromatic rings. The number of nitrogens with two attached hydrogens (primary N) is 2. The smallest absolute Gasteiger partial charge is 0.306 e. The number of fused-ring (bicyclic) bond motifs is 2. The van der Waals surface area contributed by atoms with Gasteiger partial charge in [0.2, 0.25) is 0 Å². The predicted molar refractivity (Wildman–Crippen MR) is 240 cm³/mol. The van der Waals surface area contributed by atoms with Gasteiger partial charge in [0.1, 0.15) is 34.9 Å².